The highest BCUT2D eigenvalue weighted by molar-refractivity contribution is 5.82. The molecule has 0 aliphatic carbocycles. The van der Waals surface area contributed by atoms with Crippen LogP contribution in [0.1, 0.15) is 73.1 Å². The van der Waals surface area contributed by atoms with Gasteiger partial charge in [-0.1, -0.05) is 52.0 Å². The number of esters is 1. The molecular formula is C17H32O2. The molecule has 2 heteroatoms. The van der Waals surface area contributed by atoms with E-state index in [1.54, 1.807) is 6.08 Å². The van der Waals surface area contributed by atoms with E-state index in [9.17, 15) is 4.79 Å². The molecule has 0 aliphatic heterocycles. The highest BCUT2D eigenvalue weighted by Crippen LogP contribution is 2.19. The number of ether oxygens (including phenoxy) is 1. The third-order valence-corrected chi connectivity index (χ3v) is 3.40. The molecule has 0 saturated carbocycles. The molecule has 2 nitrogen and oxygen atoms in total. The Morgan fingerprint density at radius 2 is 1.74 bits per heavy atom. The first-order valence-electron chi connectivity index (χ1n) is 7.79. The first-order valence-corrected chi connectivity index (χ1v) is 7.79. The normalized spacial score (nSPS) is 13.7. The Hall–Kier alpha value is -0.790. The monoisotopic (exact) mass is 268 g/mol. The van der Waals surface area contributed by atoms with Crippen molar-refractivity contribution in [1.29, 1.82) is 0 Å². The highest BCUT2D eigenvalue weighted by atomic mass is 16.5. The van der Waals surface area contributed by atoms with Crippen molar-refractivity contribution in [2.24, 2.45) is 11.8 Å². The summed E-state index contributed by atoms with van der Waals surface area (Å²) in [5, 5.41) is 0. The fourth-order valence-corrected chi connectivity index (χ4v) is 2.21. The number of carbonyl (C=O) groups excluding carboxylic acids is 1. The van der Waals surface area contributed by atoms with Crippen molar-refractivity contribution in [3.8, 4) is 0 Å². The molecule has 0 aromatic heterocycles. The van der Waals surface area contributed by atoms with Gasteiger partial charge in [0, 0.05) is 6.08 Å². The molecule has 0 bridgehead atoms. The largest absolute Gasteiger partial charge is 0.463 e. The van der Waals surface area contributed by atoms with Crippen molar-refractivity contribution in [3.05, 3.63) is 11.6 Å². The van der Waals surface area contributed by atoms with Crippen molar-refractivity contribution in [3.63, 3.8) is 0 Å². The van der Waals surface area contributed by atoms with Crippen LogP contribution >= 0.6 is 0 Å². The van der Waals surface area contributed by atoms with E-state index < -0.39 is 0 Å². The Kier molecular flexibility index (Phi) is 10.6. The van der Waals surface area contributed by atoms with E-state index in [0.717, 1.165) is 23.8 Å². The number of hydrogen-bond acceptors (Lipinski definition) is 2. The third-order valence-electron chi connectivity index (χ3n) is 3.40. The van der Waals surface area contributed by atoms with Crippen LogP contribution in [0.25, 0.3) is 0 Å². The lowest BCUT2D eigenvalue weighted by molar-refractivity contribution is -0.137. The molecule has 1 atom stereocenters. The minimum atomic E-state index is -0.204. The average molecular weight is 268 g/mol. The Balaban J connectivity index is 3.68. The molecule has 0 radical (unpaired) electrons. The predicted molar refractivity (Wildman–Crippen MR) is 82.1 cm³/mol. The lowest BCUT2D eigenvalue weighted by Gasteiger charge is -2.12. The fourth-order valence-electron chi connectivity index (χ4n) is 2.21. The molecule has 0 aromatic rings. The van der Waals surface area contributed by atoms with Gasteiger partial charge < -0.3 is 4.74 Å². The summed E-state index contributed by atoms with van der Waals surface area (Å²) in [4.78, 5) is 11.3. The molecule has 1 unspecified atom stereocenters. The van der Waals surface area contributed by atoms with E-state index in [2.05, 4.69) is 20.8 Å². The van der Waals surface area contributed by atoms with E-state index >= 15 is 0 Å². The second kappa shape index (κ2) is 11.1. The zero-order chi connectivity index (χ0) is 14.7. The SMILES string of the molecule is CCOC(=O)C=C(C)CCCC(C)CCCC(C)C. The Labute approximate surface area is 119 Å². The molecule has 112 valence electrons. The van der Waals surface area contributed by atoms with Gasteiger partial charge in [0.25, 0.3) is 0 Å². The summed E-state index contributed by atoms with van der Waals surface area (Å²) in [5.41, 5.74) is 1.13. The third kappa shape index (κ3) is 12.0. The van der Waals surface area contributed by atoms with Crippen LogP contribution in [0.5, 0.6) is 0 Å². The summed E-state index contributed by atoms with van der Waals surface area (Å²) in [6, 6.07) is 0. The topological polar surface area (TPSA) is 26.3 Å². The first kappa shape index (κ1) is 18.2. The van der Waals surface area contributed by atoms with Crippen molar-refractivity contribution in [2.75, 3.05) is 6.61 Å². The zero-order valence-electron chi connectivity index (χ0n) is 13.5. The molecule has 0 heterocycles. The second-order valence-electron chi connectivity index (χ2n) is 6.06. The number of allylic oxidation sites excluding steroid dienone is 1. The van der Waals surface area contributed by atoms with Gasteiger partial charge in [-0.3, -0.25) is 0 Å². The summed E-state index contributed by atoms with van der Waals surface area (Å²) in [6.07, 6.45) is 9.08. The summed E-state index contributed by atoms with van der Waals surface area (Å²) < 4.78 is 4.90. The predicted octanol–water partition coefficient (Wildman–Crippen LogP) is 5.13. The van der Waals surface area contributed by atoms with Crippen molar-refractivity contribution in [2.45, 2.75) is 73.1 Å². The van der Waals surface area contributed by atoms with Gasteiger partial charge in [-0.2, -0.15) is 0 Å². The van der Waals surface area contributed by atoms with Gasteiger partial charge in [-0.25, -0.2) is 4.79 Å². The average Bonchev–Trinajstić information content (AvgIpc) is 2.28. The smallest absolute Gasteiger partial charge is 0.330 e. The first-order chi connectivity index (χ1) is 8.95. The molecule has 0 saturated heterocycles. The fraction of sp³-hybridized carbons (Fsp3) is 0.824. The van der Waals surface area contributed by atoms with Gasteiger partial charge >= 0.3 is 5.97 Å². The minimum Gasteiger partial charge on any atom is -0.463 e. The van der Waals surface area contributed by atoms with E-state index in [1.165, 1.54) is 32.1 Å². The summed E-state index contributed by atoms with van der Waals surface area (Å²) >= 11 is 0. The maximum atomic E-state index is 11.3. The number of hydrogen-bond donors (Lipinski definition) is 0. The Morgan fingerprint density at radius 1 is 1.11 bits per heavy atom. The molecule has 0 amide bonds. The standard InChI is InChI=1S/C17H32O2/c1-6-19-17(18)13-16(5)12-8-11-15(4)10-7-9-14(2)3/h13-15H,6-12H2,1-5H3. The molecule has 0 N–H and O–H groups in total. The van der Waals surface area contributed by atoms with Gasteiger partial charge in [0.05, 0.1) is 6.61 Å². The van der Waals surface area contributed by atoms with Gasteiger partial charge in [-0.05, 0) is 38.5 Å². The van der Waals surface area contributed by atoms with E-state index in [-0.39, 0.29) is 5.97 Å². The quantitative estimate of drug-likeness (QED) is 0.405. The molecular weight excluding hydrogens is 236 g/mol. The zero-order valence-corrected chi connectivity index (χ0v) is 13.5. The molecule has 0 rings (SSSR count). The Bertz CT molecular complexity index is 266. The molecule has 0 fully saturated rings. The summed E-state index contributed by atoms with van der Waals surface area (Å²) in [7, 11) is 0. The summed E-state index contributed by atoms with van der Waals surface area (Å²) in [5.74, 6) is 1.42. The van der Waals surface area contributed by atoms with E-state index in [0.29, 0.717) is 6.61 Å². The van der Waals surface area contributed by atoms with Gasteiger partial charge in [0.2, 0.25) is 0 Å². The minimum absolute atomic E-state index is 0.204. The van der Waals surface area contributed by atoms with Gasteiger partial charge in [0.1, 0.15) is 0 Å². The van der Waals surface area contributed by atoms with Gasteiger partial charge in [0.15, 0.2) is 0 Å². The van der Waals surface area contributed by atoms with Crippen LogP contribution in [0.4, 0.5) is 0 Å². The maximum Gasteiger partial charge on any atom is 0.330 e. The molecule has 0 spiro atoms. The molecule has 0 aromatic carbocycles. The van der Waals surface area contributed by atoms with Crippen LogP contribution in [0.15, 0.2) is 11.6 Å². The van der Waals surface area contributed by atoms with Crippen LogP contribution in [-0.2, 0) is 9.53 Å². The van der Waals surface area contributed by atoms with Crippen LogP contribution in [0, 0.1) is 11.8 Å². The van der Waals surface area contributed by atoms with E-state index in [1.807, 2.05) is 13.8 Å². The summed E-state index contributed by atoms with van der Waals surface area (Å²) in [6.45, 7) is 11.2. The van der Waals surface area contributed by atoms with Crippen LogP contribution < -0.4 is 0 Å². The molecule has 0 aliphatic rings. The van der Waals surface area contributed by atoms with Crippen molar-refractivity contribution >= 4 is 5.97 Å². The second-order valence-corrected chi connectivity index (χ2v) is 6.06. The molecule has 19 heavy (non-hydrogen) atoms. The Morgan fingerprint density at radius 3 is 2.32 bits per heavy atom. The lowest BCUT2D eigenvalue weighted by Crippen LogP contribution is -2.01. The van der Waals surface area contributed by atoms with Crippen LogP contribution in [0.3, 0.4) is 0 Å². The van der Waals surface area contributed by atoms with E-state index in [4.69, 9.17) is 4.74 Å². The van der Waals surface area contributed by atoms with Crippen LogP contribution in [-0.4, -0.2) is 12.6 Å². The maximum absolute atomic E-state index is 11.3. The van der Waals surface area contributed by atoms with Crippen molar-refractivity contribution < 1.29 is 9.53 Å². The number of rotatable bonds is 10. The lowest BCUT2D eigenvalue weighted by atomic mass is 9.94. The number of carbonyl (C=O) groups is 1. The van der Waals surface area contributed by atoms with Gasteiger partial charge in [-0.15, -0.1) is 0 Å². The highest BCUT2D eigenvalue weighted by Gasteiger charge is 2.04. The van der Waals surface area contributed by atoms with Crippen molar-refractivity contribution in [1.82, 2.24) is 0 Å². The van der Waals surface area contributed by atoms with Crippen LogP contribution in [0.2, 0.25) is 0 Å².